The molecule has 1 amide bonds. The highest BCUT2D eigenvalue weighted by molar-refractivity contribution is 7.13. The highest BCUT2D eigenvalue weighted by Gasteiger charge is 2.37. The Hall–Kier alpha value is -2.87. The molecule has 170 valence electrons. The van der Waals surface area contributed by atoms with E-state index in [-0.39, 0.29) is 11.2 Å². The molecule has 4 rings (SSSR count). The molecular formula is C24H28N2O5S. The van der Waals surface area contributed by atoms with E-state index < -0.39 is 17.7 Å². The van der Waals surface area contributed by atoms with Gasteiger partial charge in [-0.1, -0.05) is 6.92 Å². The zero-order chi connectivity index (χ0) is 23.2. The van der Waals surface area contributed by atoms with Crippen LogP contribution in [0.25, 0.3) is 21.5 Å². The Morgan fingerprint density at radius 2 is 2.12 bits per heavy atom. The summed E-state index contributed by atoms with van der Waals surface area (Å²) in [5.41, 5.74) is 1.32. The van der Waals surface area contributed by atoms with Crippen molar-refractivity contribution in [2.75, 3.05) is 6.54 Å². The summed E-state index contributed by atoms with van der Waals surface area (Å²) in [6, 6.07) is 2.72. The van der Waals surface area contributed by atoms with Crippen LogP contribution in [0.3, 0.4) is 0 Å². The number of fused-ring (bicyclic) bond motifs is 1. The molecule has 1 atom stereocenters. The molecule has 0 saturated carbocycles. The molecule has 2 aromatic heterocycles. The highest BCUT2D eigenvalue weighted by Crippen LogP contribution is 2.40. The molecule has 0 bridgehead atoms. The third-order valence-electron chi connectivity index (χ3n) is 5.52. The van der Waals surface area contributed by atoms with Crippen LogP contribution < -0.4 is 5.43 Å². The van der Waals surface area contributed by atoms with Gasteiger partial charge in [-0.2, -0.15) is 0 Å². The molecule has 1 saturated heterocycles. The van der Waals surface area contributed by atoms with Crippen LogP contribution in [-0.2, 0) is 11.2 Å². The SMILES string of the molecule is CCc1cc2c(=O)c(-c3nc(C)cs3)c([C@H]3CCCN3C(=O)OC(C)(C)C)oc2cc1O. The van der Waals surface area contributed by atoms with Crippen molar-refractivity contribution in [3.8, 4) is 16.3 Å². The molecule has 3 aromatic rings. The Morgan fingerprint density at radius 3 is 2.75 bits per heavy atom. The maximum absolute atomic E-state index is 13.7. The van der Waals surface area contributed by atoms with Crippen LogP contribution >= 0.6 is 11.3 Å². The van der Waals surface area contributed by atoms with E-state index in [0.29, 0.717) is 52.3 Å². The van der Waals surface area contributed by atoms with Crippen molar-refractivity contribution in [1.82, 2.24) is 9.88 Å². The number of likely N-dealkylation sites (tertiary alicyclic amines) is 1. The number of ether oxygens (including phenoxy) is 1. The second-order valence-electron chi connectivity index (χ2n) is 9.13. The number of aromatic nitrogens is 1. The van der Waals surface area contributed by atoms with Crippen molar-refractivity contribution in [1.29, 1.82) is 0 Å². The van der Waals surface area contributed by atoms with E-state index in [1.807, 2.05) is 40.0 Å². The summed E-state index contributed by atoms with van der Waals surface area (Å²) in [6.45, 7) is 9.77. The topological polar surface area (TPSA) is 92.9 Å². The van der Waals surface area contributed by atoms with Crippen molar-refractivity contribution in [2.45, 2.75) is 65.5 Å². The molecule has 0 unspecified atom stereocenters. The van der Waals surface area contributed by atoms with Gasteiger partial charge in [-0.05, 0) is 58.6 Å². The van der Waals surface area contributed by atoms with Crippen LogP contribution in [0.1, 0.15) is 63.6 Å². The Labute approximate surface area is 190 Å². The number of rotatable bonds is 3. The van der Waals surface area contributed by atoms with E-state index in [9.17, 15) is 14.7 Å². The number of hydrogen-bond acceptors (Lipinski definition) is 7. The van der Waals surface area contributed by atoms with E-state index in [2.05, 4.69) is 4.98 Å². The Kier molecular flexibility index (Phi) is 5.75. The fourth-order valence-corrected chi connectivity index (χ4v) is 4.90. The number of carbonyl (C=O) groups is 1. The minimum Gasteiger partial charge on any atom is -0.508 e. The summed E-state index contributed by atoms with van der Waals surface area (Å²) in [7, 11) is 0. The van der Waals surface area contributed by atoms with Crippen LogP contribution in [0.5, 0.6) is 5.75 Å². The maximum Gasteiger partial charge on any atom is 0.410 e. The molecule has 7 nitrogen and oxygen atoms in total. The van der Waals surface area contributed by atoms with Crippen molar-refractivity contribution in [3.63, 3.8) is 0 Å². The van der Waals surface area contributed by atoms with Crippen molar-refractivity contribution in [3.05, 3.63) is 44.8 Å². The molecule has 8 heteroatoms. The summed E-state index contributed by atoms with van der Waals surface area (Å²) in [5.74, 6) is 0.478. The van der Waals surface area contributed by atoms with Gasteiger partial charge >= 0.3 is 6.09 Å². The third kappa shape index (κ3) is 4.11. The van der Waals surface area contributed by atoms with Gasteiger partial charge in [0.15, 0.2) is 0 Å². The number of phenols is 1. The lowest BCUT2D eigenvalue weighted by molar-refractivity contribution is 0.0209. The Bertz CT molecular complexity index is 1240. The summed E-state index contributed by atoms with van der Waals surface area (Å²) >= 11 is 1.38. The van der Waals surface area contributed by atoms with Gasteiger partial charge in [0.1, 0.15) is 27.7 Å². The lowest BCUT2D eigenvalue weighted by atomic mass is 10.0. The molecule has 0 spiro atoms. The van der Waals surface area contributed by atoms with E-state index in [1.165, 1.54) is 17.4 Å². The number of aromatic hydroxyl groups is 1. The van der Waals surface area contributed by atoms with Gasteiger partial charge in [0, 0.05) is 23.7 Å². The predicted molar refractivity (Wildman–Crippen MR) is 124 cm³/mol. The summed E-state index contributed by atoms with van der Waals surface area (Å²) in [6.07, 6.45) is 1.56. The number of nitrogens with zero attached hydrogens (tertiary/aromatic N) is 2. The zero-order valence-corrected chi connectivity index (χ0v) is 19.8. The highest BCUT2D eigenvalue weighted by atomic mass is 32.1. The number of thiazole rings is 1. The zero-order valence-electron chi connectivity index (χ0n) is 19.0. The summed E-state index contributed by atoms with van der Waals surface area (Å²) < 4.78 is 11.9. The predicted octanol–water partition coefficient (Wildman–Crippen LogP) is 5.56. The fraction of sp³-hybridized carbons (Fsp3) is 0.458. The Balaban J connectivity index is 1.93. The number of amides is 1. The van der Waals surface area contributed by atoms with E-state index >= 15 is 0 Å². The first-order chi connectivity index (χ1) is 15.1. The van der Waals surface area contributed by atoms with Gasteiger partial charge in [0.05, 0.1) is 17.0 Å². The standard InChI is InChI=1S/C24H28N2O5S/c1-6-14-10-15-18(11-17(14)27)30-21(19(20(15)28)22-25-13(2)12-32-22)16-8-7-9-26(16)23(29)31-24(3,4)5/h10-12,16,27H,6-9H2,1-5H3/t16-/m1/s1. The Morgan fingerprint density at radius 1 is 1.38 bits per heavy atom. The average Bonchev–Trinajstić information content (AvgIpc) is 3.35. The van der Waals surface area contributed by atoms with Crippen LogP contribution in [0, 0.1) is 6.92 Å². The molecule has 0 aliphatic carbocycles. The van der Waals surface area contributed by atoms with Gasteiger partial charge in [-0.15, -0.1) is 11.3 Å². The molecule has 32 heavy (non-hydrogen) atoms. The quantitative estimate of drug-likeness (QED) is 0.554. The van der Waals surface area contributed by atoms with Gasteiger partial charge < -0.3 is 14.3 Å². The smallest absolute Gasteiger partial charge is 0.410 e. The van der Waals surface area contributed by atoms with Crippen LogP contribution in [0.4, 0.5) is 4.79 Å². The monoisotopic (exact) mass is 456 g/mol. The number of carbonyl (C=O) groups excluding carboxylic acids is 1. The van der Waals surface area contributed by atoms with Crippen molar-refractivity contribution < 1.29 is 19.1 Å². The average molecular weight is 457 g/mol. The molecule has 1 aliphatic rings. The second kappa shape index (κ2) is 8.24. The lowest BCUT2D eigenvalue weighted by Crippen LogP contribution is -2.36. The molecule has 1 aromatic carbocycles. The first kappa shape index (κ1) is 22.3. The maximum atomic E-state index is 13.7. The summed E-state index contributed by atoms with van der Waals surface area (Å²) in [5, 5.41) is 13.2. The molecule has 0 radical (unpaired) electrons. The normalized spacial score (nSPS) is 16.7. The first-order valence-electron chi connectivity index (χ1n) is 10.8. The minimum atomic E-state index is -0.633. The van der Waals surface area contributed by atoms with Gasteiger partial charge in [0.25, 0.3) is 0 Å². The molecule has 3 heterocycles. The summed E-state index contributed by atoms with van der Waals surface area (Å²) in [4.78, 5) is 32.8. The van der Waals surface area contributed by atoms with Gasteiger partial charge in [-0.25, -0.2) is 9.78 Å². The number of benzene rings is 1. The van der Waals surface area contributed by atoms with Crippen LogP contribution in [0.15, 0.2) is 26.7 Å². The largest absolute Gasteiger partial charge is 0.508 e. The number of hydrogen-bond donors (Lipinski definition) is 1. The first-order valence-corrected chi connectivity index (χ1v) is 11.7. The molecular weight excluding hydrogens is 428 g/mol. The molecule has 1 aliphatic heterocycles. The van der Waals surface area contributed by atoms with Gasteiger partial charge in [0.2, 0.25) is 5.43 Å². The lowest BCUT2D eigenvalue weighted by Gasteiger charge is -2.28. The second-order valence-corrected chi connectivity index (χ2v) is 9.98. The van der Waals surface area contributed by atoms with E-state index in [0.717, 1.165) is 12.1 Å². The van der Waals surface area contributed by atoms with Crippen LogP contribution in [0.2, 0.25) is 0 Å². The number of phenolic OH excluding ortho intramolecular Hbond substituents is 1. The van der Waals surface area contributed by atoms with Gasteiger partial charge in [-0.3, -0.25) is 9.69 Å². The van der Waals surface area contributed by atoms with E-state index in [1.54, 1.807) is 11.0 Å². The number of aryl methyl sites for hydroxylation is 2. The van der Waals surface area contributed by atoms with E-state index in [4.69, 9.17) is 9.15 Å². The fourth-order valence-electron chi connectivity index (χ4n) is 4.06. The molecule has 1 fully saturated rings. The van der Waals surface area contributed by atoms with Crippen LogP contribution in [-0.4, -0.2) is 33.2 Å². The minimum absolute atomic E-state index is 0.0855. The molecule has 1 N–H and O–H groups in total. The van der Waals surface area contributed by atoms with Crippen molar-refractivity contribution >= 4 is 28.4 Å². The van der Waals surface area contributed by atoms with Crippen molar-refractivity contribution in [2.24, 2.45) is 0 Å². The third-order valence-corrected chi connectivity index (χ3v) is 6.49.